The molecule has 0 amide bonds. The highest BCUT2D eigenvalue weighted by atomic mass is 28.4. The summed E-state index contributed by atoms with van der Waals surface area (Å²) >= 11 is 0. The Kier molecular flexibility index (Phi) is 7.42. The standard InChI is InChI=1S/C11H27NO3Si/c1-6-9-13-16(5,14-10-7-2)15-11(4,12)8-3/h6-10,12H2,1-5H3. The van der Waals surface area contributed by atoms with Gasteiger partial charge in [0.1, 0.15) is 5.72 Å². The summed E-state index contributed by atoms with van der Waals surface area (Å²) < 4.78 is 17.3. The summed E-state index contributed by atoms with van der Waals surface area (Å²) in [5.74, 6) is 0. The summed E-state index contributed by atoms with van der Waals surface area (Å²) in [4.78, 5) is 0. The summed E-state index contributed by atoms with van der Waals surface area (Å²) in [5.41, 5.74) is 5.33. The first-order valence-electron chi connectivity index (χ1n) is 6.16. The number of rotatable bonds is 9. The van der Waals surface area contributed by atoms with Crippen molar-refractivity contribution >= 4 is 8.80 Å². The molecular formula is C11H27NO3Si. The molecule has 0 spiro atoms. The average molecular weight is 249 g/mol. The second kappa shape index (κ2) is 7.40. The molecule has 1 unspecified atom stereocenters. The monoisotopic (exact) mass is 249 g/mol. The van der Waals surface area contributed by atoms with Crippen LogP contribution in [0.4, 0.5) is 0 Å². The van der Waals surface area contributed by atoms with Gasteiger partial charge in [0.25, 0.3) is 0 Å². The Morgan fingerprint density at radius 3 is 1.81 bits per heavy atom. The molecule has 0 rings (SSSR count). The van der Waals surface area contributed by atoms with Gasteiger partial charge in [-0.3, -0.25) is 0 Å². The number of nitrogens with two attached hydrogens (primary N) is 1. The predicted molar refractivity (Wildman–Crippen MR) is 68.1 cm³/mol. The third-order valence-corrected chi connectivity index (χ3v) is 4.55. The molecule has 0 aromatic rings. The van der Waals surface area contributed by atoms with Gasteiger partial charge < -0.3 is 19.0 Å². The van der Waals surface area contributed by atoms with E-state index in [2.05, 4.69) is 13.8 Å². The van der Waals surface area contributed by atoms with E-state index in [9.17, 15) is 0 Å². The zero-order chi connectivity index (χ0) is 12.7. The third kappa shape index (κ3) is 6.60. The lowest BCUT2D eigenvalue weighted by atomic mass is 10.2. The molecule has 0 aromatic carbocycles. The quantitative estimate of drug-likeness (QED) is 0.504. The fraction of sp³-hybridized carbons (Fsp3) is 1.00. The van der Waals surface area contributed by atoms with E-state index in [-0.39, 0.29) is 0 Å². The van der Waals surface area contributed by atoms with E-state index in [1.165, 1.54) is 0 Å². The van der Waals surface area contributed by atoms with Crippen LogP contribution in [0.5, 0.6) is 0 Å². The van der Waals surface area contributed by atoms with Crippen molar-refractivity contribution < 1.29 is 13.3 Å². The Balaban J connectivity index is 4.39. The van der Waals surface area contributed by atoms with Crippen molar-refractivity contribution in [2.75, 3.05) is 13.2 Å². The van der Waals surface area contributed by atoms with Gasteiger partial charge in [-0.25, -0.2) is 0 Å². The van der Waals surface area contributed by atoms with Crippen LogP contribution in [0.2, 0.25) is 6.55 Å². The second-order valence-electron chi connectivity index (χ2n) is 4.33. The van der Waals surface area contributed by atoms with Crippen LogP contribution in [0, 0.1) is 0 Å². The zero-order valence-electron chi connectivity index (χ0n) is 11.3. The Morgan fingerprint density at radius 1 is 1.06 bits per heavy atom. The minimum absolute atomic E-state index is 0.659. The SMILES string of the molecule is CCCO[Si](C)(OCCC)OC(C)(N)CC. The van der Waals surface area contributed by atoms with Crippen LogP contribution in [0.1, 0.15) is 47.0 Å². The van der Waals surface area contributed by atoms with Gasteiger partial charge >= 0.3 is 8.80 Å². The Hall–Kier alpha value is 0.0569. The highest BCUT2D eigenvalue weighted by Gasteiger charge is 2.40. The first-order chi connectivity index (χ1) is 7.39. The van der Waals surface area contributed by atoms with Gasteiger partial charge in [-0.05, 0) is 26.2 Å². The molecule has 1 atom stereocenters. The summed E-state index contributed by atoms with van der Waals surface area (Å²) in [6.07, 6.45) is 2.64. The first-order valence-corrected chi connectivity index (χ1v) is 8.38. The molecule has 98 valence electrons. The lowest BCUT2D eigenvalue weighted by Crippen LogP contribution is -2.53. The molecule has 0 saturated heterocycles. The third-order valence-electron chi connectivity index (χ3n) is 2.26. The van der Waals surface area contributed by atoms with Crippen LogP contribution in [0.3, 0.4) is 0 Å². The molecule has 0 aromatic heterocycles. The molecule has 0 aliphatic carbocycles. The molecule has 2 N–H and O–H groups in total. The lowest BCUT2D eigenvalue weighted by Gasteiger charge is -2.34. The van der Waals surface area contributed by atoms with E-state index in [0.29, 0.717) is 13.2 Å². The Labute approximate surface area is 101 Å². The van der Waals surface area contributed by atoms with Crippen LogP contribution >= 0.6 is 0 Å². The molecule has 0 fully saturated rings. The lowest BCUT2D eigenvalue weighted by molar-refractivity contribution is -0.0178. The first kappa shape index (κ1) is 16.1. The fourth-order valence-electron chi connectivity index (χ4n) is 1.17. The minimum Gasteiger partial charge on any atom is -0.374 e. The molecule has 4 nitrogen and oxygen atoms in total. The number of hydrogen-bond acceptors (Lipinski definition) is 4. The van der Waals surface area contributed by atoms with Crippen molar-refractivity contribution in [1.29, 1.82) is 0 Å². The van der Waals surface area contributed by atoms with Crippen LogP contribution in [-0.2, 0) is 13.3 Å². The molecule has 5 heteroatoms. The van der Waals surface area contributed by atoms with Gasteiger partial charge in [0.15, 0.2) is 0 Å². The highest BCUT2D eigenvalue weighted by Crippen LogP contribution is 2.19. The maximum Gasteiger partial charge on any atom is 0.499 e. The second-order valence-corrected chi connectivity index (χ2v) is 6.83. The fourth-order valence-corrected chi connectivity index (χ4v) is 3.51. The van der Waals surface area contributed by atoms with Gasteiger partial charge in [-0.1, -0.05) is 20.8 Å². The molecule has 0 aliphatic heterocycles. The minimum atomic E-state index is -2.57. The predicted octanol–water partition coefficient (Wildman–Crippen LogP) is 2.51. The van der Waals surface area contributed by atoms with Gasteiger partial charge in [0.05, 0.1) is 0 Å². The van der Waals surface area contributed by atoms with E-state index < -0.39 is 14.5 Å². The largest absolute Gasteiger partial charge is 0.499 e. The van der Waals surface area contributed by atoms with Crippen molar-refractivity contribution in [1.82, 2.24) is 0 Å². The zero-order valence-corrected chi connectivity index (χ0v) is 12.3. The van der Waals surface area contributed by atoms with Gasteiger partial charge in [0, 0.05) is 19.8 Å². The van der Waals surface area contributed by atoms with Crippen LogP contribution in [-0.4, -0.2) is 27.7 Å². The molecule has 0 heterocycles. The van der Waals surface area contributed by atoms with E-state index in [4.69, 9.17) is 19.0 Å². The molecule has 0 aliphatic rings. The van der Waals surface area contributed by atoms with Crippen molar-refractivity contribution in [2.24, 2.45) is 5.73 Å². The maximum atomic E-state index is 6.00. The Bertz CT molecular complexity index is 180. The van der Waals surface area contributed by atoms with Crippen molar-refractivity contribution in [3.8, 4) is 0 Å². The Morgan fingerprint density at radius 2 is 1.50 bits per heavy atom. The average Bonchev–Trinajstić information content (AvgIpc) is 2.23. The summed E-state index contributed by atoms with van der Waals surface area (Å²) in [7, 11) is -2.57. The molecular weight excluding hydrogens is 222 g/mol. The number of hydrogen-bond donors (Lipinski definition) is 1. The van der Waals surface area contributed by atoms with E-state index in [1.807, 2.05) is 20.4 Å². The summed E-state index contributed by atoms with van der Waals surface area (Å²) in [6.45, 7) is 11.2. The molecule has 0 saturated carbocycles. The molecule has 16 heavy (non-hydrogen) atoms. The highest BCUT2D eigenvalue weighted by molar-refractivity contribution is 6.59. The van der Waals surface area contributed by atoms with E-state index in [1.54, 1.807) is 0 Å². The van der Waals surface area contributed by atoms with Gasteiger partial charge in [0.2, 0.25) is 0 Å². The van der Waals surface area contributed by atoms with Crippen LogP contribution in [0.15, 0.2) is 0 Å². The van der Waals surface area contributed by atoms with Crippen molar-refractivity contribution in [2.45, 2.75) is 59.2 Å². The van der Waals surface area contributed by atoms with Gasteiger partial charge in [-0.15, -0.1) is 0 Å². The smallest absolute Gasteiger partial charge is 0.374 e. The van der Waals surface area contributed by atoms with Crippen molar-refractivity contribution in [3.05, 3.63) is 0 Å². The van der Waals surface area contributed by atoms with Crippen LogP contribution < -0.4 is 5.73 Å². The van der Waals surface area contributed by atoms with E-state index in [0.717, 1.165) is 19.3 Å². The summed E-state index contributed by atoms with van der Waals surface area (Å²) in [6, 6.07) is 0. The normalized spacial score (nSPS) is 16.1. The molecule has 0 bridgehead atoms. The van der Waals surface area contributed by atoms with E-state index >= 15 is 0 Å². The topological polar surface area (TPSA) is 53.7 Å². The molecule has 0 radical (unpaired) electrons. The summed E-state index contributed by atoms with van der Waals surface area (Å²) in [5, 5.41) is 0. The van der Waals surface area contributed by atoms with Crippen molar-refractivity contribution in [3.63, 3.8) is 0 Å². The maximum absolute atomic E-state index is 6.00. The van der Waals surface area contributed by atoms with Crippen LogP contribution in [0.25, 0.3) is 0 Å². The van der Waals surface area contributed by atoms with Gasteiger partial charge in [-0.2, -0.15) is 0 Å².